The van der Waals surface area contributed by atoms with Crippen LogP contribution in [0.3, 0.4) is 0 Å². The smallest absolute Gasteiger partial charge is 0.164 e. The average Bonchev–Trinajstić information content (AvgIpc) is 2.40. The van der Waals surface area contributed by atoms with Crippen molar-refractivity contribution in [2.24, 2.45) is 0 Å². The van der Waals surface area contributed by atoms with Gasteiger partial charge >= 0.3 is 0 Å². The van der Waals surface area contributed by atoms with Gasteiger partial charge in [-0.05, 0) is 43.7 Å². The van der Waals surface area contributed by atoms with Crippen LogP contribution in [-0.4, -0.2) is 11.7 Å². The second-order valence-corrected chi connectivity index (χ2v) is 5.23. The van der Waals surface area contributed by atoms with Crippen molar-refractivity contribution in [1.82, 2.24) is 0 Å². The highest BCUT2D eigenvalue weighted by Gasteiger charge is 2.30. The molecule has 0 amide bonds. The van der Waals surface area contributed by atoms with E-state index in [9.17, 15) is 18.3 Å². The van der Waals surface area contributed by atoms with Gasteiger partial charge in [-0.2, -0.15) is 0 Å². The lowest BCUT2D eigenvalue weighted by Gasteiger charge is -2.31. The number of aryl methyl sites for hydroxylation is 1. The van der Waals surface area contributed by atoms with E-state index in [-0.39, 0.29) is 5.56 Å². The minimum atomic E-state index is -1.27. The van der Waals surface area contributed by atoms with Gasteiger partial charge in [-0.15, -0.1) is 0 Å². The molecule has 0 spiro atoms. The number of benzene rings is 2. The van der Waals surface area contributed by atoms with Gasteiger partial charge in [-0.25, -0.2) is 13.2 Å². The Balaban J connectivity index is 2.43. The second kappa shape index (κ2) is 5.77. The summed E-state index contributed by atoms with van der Waals surface area (Å²) in [5, 5.41) is 12.5. The van der Waals surface area contributed by atoms with Crippen LogP contribution >= 0.6 is 0 Å². The van der Waals surface area contributed by atoms with Gasteiger partial charge in [0.1, 0.15) is 5.82 Å². The number of aliphatic hydroxyl groups excluding tert-OH is 1. The fourth-order valence-electron chi connectivity index (χ4n) is 2.25. The van der Waals surface area contributed by atoms with E-state index in [1.807, 2.05) is 0 Å². The van der Waals surface area contributed by atoms with Crippen molar-refractivity contribution in [2.45, 2.75) is 19.4 Å². The first-order chi connectivity index (χ1) is 9.85. The van der Waals surface area contributed by atoms with Crippen molar-refractivity contribution in [3.05, 3.63) is 65.0 Å². The summed E-state index contributed by atoms with van der Waals surface area (Å²) in [5.41, 5.74) is -0.232. The van der Waals surface area contributed by atoms with E-state index in [0.717, 1.165) is 6.07 Å². The molecule has 2 N–H and O–H groups in total. The topological polar surface area (TPSA) is 32.3 Å². The Bertz CT molecular complexity index is 640. The summed E-state index contributed by atoms with van der Waals surface area (Å²) in [7, 11) is 0. The molecule has 2 nitrogen and oxygen atoms in total. The Kier molecular flexibility index (Phi) is 4.23. The Morgan fingerprint density at radius 2 is 1.86 bits per heavy atom. The second-order valence-electron chi connectivity index (χ2n) is 5.23. The van der Waals surface area contributed by atoms with Crippen LogP contribution in [-0.2, 0) is 5.54 Å². The number of hydrogen-bond donors (Lipinski definition) is 2. The molecule has 0 bridgehead atoms. The van der Waals surface area contributed by atoms with Crippen LogP contribution in [0.2, 0.25) is 0 Å². The fourth-order valence-corrected chi connectivity index (χ4v) is 2.25. The maximum Gasteiger partial charge on any atom is 0.164 e. The summed E-state index contributed by atoms with van der Waals surface area (Å²) in [6.45, 7) is 2.75. The number of halogens is 3. The van der Waals surface area contributed by atoms with Crippen molar-refractivity contribution in [3.8, 4) is 0 Å². The van der Waals surface area contributed by atoms with Gasteiger partial charge in [0.25, 0.3) is 0 Å². The maximum absolute atomic E-state index is 13.9. The third-order valence-electron chi connectivity index (χ3n) is 3.32. The zero-order valence-corrected chi connectivity index (χ0v) is 11.8. The van der Waals surface area contributed by atoms with Crippen LogP contribution in [0.15, 0.2) is 36.4 Å². The molecule has 2 aromatic rings. The minimum Gasteiger partial charge on any atom is -0.394 e. The molecule has 0 aliphatic rings. The summed E-state index contributed by atoms with van der Waals surface area (Å²) in [4.78, 5) is 0. The molecule has 0 fully saturated rings. The van der Waals surface area contributed by atoms with Crippen LogP contribution in [0.25, 0.3) is 0 Å². The van der Waals surface area contributed by atoms with Gasteiger partial charge in [0.05, 0.1) is 12.1 Å². The molecular weight excluding hydrogens is 279 g/mol. The predicted molar refractivity (Wildman–Crippen MR) is 75.6 cm³/mol. The molecule has 1 atom stereocenters. The summed E-state index contributed by atoms with van der Waals surface area (Å²) >= 11 is 0. The molecular formula is C16H16F3NO. The number of anilines is 1. The molecule has 2 rings (SSSR count). The summed E-state index contributed by atoms with van der Waals surface area (Å²) < 4.78 is 40.7. The normalized spacial score (nSPS) is 13.8. The van der Waals surface area contributed by atoms with E-state index in [4.69, 9.17) is 0 Å². The van der Waals surface area contributed by atoms with Crippen molar-refractivity contribution in [3.63, 3.8) is 0 Å². The average molecular weight is 295 g/mol. The third kappa shape index (κ3) is 3.19. The lowest BCUT2D eigenvalue weighted by Crippen LogP contribution is -2.37. The molecule has 21 heavy (non-hydrogen) atoms. The lowest BCUT2D eigenvalue weighted by molar-refractivity contribution is 0.219. The molecule has 0 radical (unpaired) electrons. The molecule has 0 saturated heterocycles. The summed E-state index contributed by atoms with van der Waals surface area (Å²) in [5.74, 6) is -2.48. The SMILES string of the molecule is Cc1cc(F)cc(NC(C)(CO)c2cccc(F)c2F)c1. The van der Waals surface area contributed by atoms with Crippen molar-refractivity contribution >= 4 is 5.69 Å². The quantitative estimate of drug-likeness (QED) is 0.900. The fraction of sp³-hybridized carbons (Fsp3) is 0.250. The van der Waals surface area contributed by atoms with Gasteiger partial charge in [-0.1, -0.05) is 12.1 Å². The Hall–Kier alpha value is -2.01. The molecule has 0 saturated carbocycles. The highest BCUT2D eigenvalue weighted by molar-refractivity contribution is 5.50. The maximum atomic E-state index is 13.9. The van der Waals surface area contributed by atoms with E-state index in [1.165, 1.54) is 31.2 Å². The van der Waals surface area contributed by atoms with Crippen LogP contribution < -0.4 is 5.32 Å². The zero-order chi connectivity index (χ0) is 15.6. The van der Waals surface area contributed by atoms with Crippen LogP contribution in [0.4, 0.5) is 18.9 Å². The molecule has 0 aliphatic carbocycles. The Labute approximate surface area is 121 Å². The molecule has 0 aromatic heterocycles. The van der Waals surface area contributed by atoms with Gasteiger partial charge in [0, 0.05) is 11.3 Å². The van der Waals surface area contributed by atoms with Gasteiger partial charge < -0.3 is 10.4 Å². The minimum absolute atomic E-state index is 0.0214. The first-order valence-corrected chi connectivity index (χ1v) is 6.46. The third-order valence-corrected chi connectivity index (χ3v) is 3.32. The molecule has 5 heteroatoms. The van der Waals surface area contributed by atoms with Crippen molar-refractivity contribution < 1.29 is 18.3 Å². The Morgan fingerprint density at radius 1 is 1.14 bits per heavy atom. The summed E-state index contributed by atoms with van der Waals surface area (Å²) in [6.07, 6.45) is 0. The summed E-state index contributed by atoms with van der Waals surface area (Å²) in [6, 6.07) is 7.99. The molecule has 1 unspecified atom stereocenters. The highest BCUT2D eigenvalue weighted by Crippen LogP contribution is 2.29. The first kappa shape index (κ1) is 15.4. The van der Waals surface area contributed by atoms with E-state index in [2.05, 4.69) is 5.32 Å². The molecule has 112 valence electrons. The van der Waals surface area contributed by atoms with Crippen molar-refractivity contribution in [1.29, 1.82) is 0 Å². The van der Waals surface area contributed by atoms with Gasteiger partial charge in [0.15, 0.2) is 11.6 Å². The van der Waals surface area contributed by atoms with E-state index in [0.29, 0.717) is 11.3 Å². The van der Waals surface area contributed by atoms with Gasteiger partial charge in [0.2, 0.25) is 0 Å². The molecule has 0 aliphatic heterocycles. The lowest BCUT2D eigenvalue weighted by atomic mass is 9.91. The standard InChI is InChI=1S/C16H16F3NO/c1-10-6-11(17)8-12(7-10)20-16(2,9-21)13-4-3-5-14(18)15(13)19/h3-8,20-21H,9H2,1-2H3. The Morgan fingerprint density at radius 3 is 2.48 bits per heavy atom. The van der Waals surface area contributed by atoms with Gasteiger partial charge in [-0.3, -0.25) is 0 Å². The van der Waals surface area contributed by atoms with Crippen molar-refractivity contribution in [2.75, 3.05) is 11.9 Å². The van der Waals surface area contributed by atoms with Crippen LogP contribution in [0.1, 0.15) is 18.1 Å². The number of aliphatic hydroxyl groups is 1. The van der Waals surface area contributed by atoms with E-state index in [1.54, 1.807) is 13.0 Å². The number of hydrogen-bond acceptors (Lipinski definition) is 2. The van der Waals surface area contributed by atoms with E-state index < -0.39 is 29.6 Å². The largest absolute Gasteiger partial charge is 0.394 e. The first-order valence-electron chi connectivity index (χ1n) is 6.46. The molecule has 0 heterocycles. The van der Waals surface area contributed by atoms with Crippen LogP contribution in [0, 0.1) is 24.4 Å². The zero-order valence-electron chi connectivity index (χ0n) is 11.8. The van der Waals surface area contributed by atoms with E-state index >= 15 is 0 Å². The highest BCUT2D eigenvalue weighted by atomic mass is 19.2. The number of rotatable bonds is 4. The monoisotopic (exact) mass is 295 g/mol. The predicted octanol–water partition coefficient (Wildman–Crippen LogP) is 3.73. The number of nitrogens with one attached hydrogen (secondary N) is 1. The van der Waals surface area contributed by atoms with Crippen LogP contribution in [0.5, 0.6) is 0 Å². The molecule has 2 aromatic carbocycles.